The molecule has 0 atom stereocenters. The summed E-state index contributed by atoms with van der Waals surface area (Å²) >= 11 is 0. The second kappa shape index (κ2) is 4.83. The minimum Gasteiger partial charge on any atom is -0.357 e. The van der Waals surface area contributed by atoms with Crippen molar-refractivity contribution in [2.45, 2.75) is 6.55 Å². The summed E-state index contributed by atoms with van der Waals surface area (Å²) in [5, 5.41) is 4.32. The van der Waals surface area contributed by atoms with Gasteiger partial charge in [-0.15, -0.1) is 0 Å². The highest BCUT2D eigenvalue weighted by atomic mass is 28.3. The fourth-order valence-corrected chi connectivity index (χ4v) is 7.29. The van der Waals surface area contributed by atoms with E-state index < -0.39 is 8.07 Å². The van der Waals surface area contributed by atoms with Gasteiger partial charge in [0.2, 0.25) is 0 Å². The highest BCUT2D eigenvalue weighted by Crippen LogP contribution is 2.07. The summed E-state index contributed by atoms with van der Waals surface area (Å²) in [6.07, 6.45) is 4.29. The Balaban J connectivity index is 2.29. The van der Waals surface area contributed by atoms with Gasteiger partial charge in [-0.3, -0.25) is 0 Å². The maximum atomic E-state index is 2.44. The number of aromatic nitrogens is 2. The van der Waals surface area contributed by atoms with E-state index in [1.165, 1.54) is 15.8 Å². The molecule has 102 valence electrons. The molecule has 0 aliphatic heterocycles. The Hall–Kier alpha value is -2.00. The average Bonchev–Trinajstić information content (AvgIpc) is 3.08. The quantitative estimate of drug-likeness (QED) is 0.643. The van der Waals surface area contributed by atoms with E-state index in [2.05, 4.69) is 96.8 Å². The fourth-order valence-electron chi connectivity index (χ4n) is 3.16. The first-order valence-electron chi connectivity index (χ1n) is 6.93. The van der Waals surface area contributed by atoms with Crippen LogP contribution in [0.25, 0.3) is 0 Å². The van der Waals surface area contributed by atoms with Gasteiger partial charge in [0.05, 0.1) is 0 Å². The maximum absolute atomic E-state index is 2.44. The van der Waals surface area contributed by atoms with E-state index in [0.717, 1.165) is 0 Å². The fraction of sp³-hybridized carbons (Fsp3) is 0.176. The second-order valence-corrected chi connectivity index (χ2v) is 9.35. The van der Waals surface area contributed by atoms with Crippen molar-refractivity contribution in [3.63, 3.8) is 0 Å². The first-order valence-corrected chi connectivity index (χ1v) is 9.43. The monoisotopic (exact) mass is 280 g/mol. The third-order valence-corrected chi connectivity index (χ3v) is 8.84. The van der Waals surface area contributed by atoms with Crippen LogP contribution in [-0.2, 0) is 14.1 Å². The molecule has 0 saturated carbocycles. The zero-order chi connectivity index (χ0) is 14.2. The van der Waals surface area contributed by atoms with Gasteiger partial charge in [0.1, 0.15) is 0 Å². The van der Waals surface area contributed by atoms with Crippen LogP contribution in [0.2, 0.25) is 6.55 Å². The van der Waals surface area contributed by atoms with Crippen molar-refractivity contribution in [3.05, 3.63) is 67.0 Å². The number of benzene rings is 1. The summed E-state index contributed by atoms with van der Waals surface area (Å²) in [5.74, 6) is 0. The number of rotatable bonds is 3. The Labute approximate surface area is 121 Å². The molecule has 0 radical (unpaired) electrons. The van der Waals surface area contributed by atoms with Crippen molar-refractivity contribution in [1.29, 1.82) is 0 Å². The normalized spacial score (nSPS) is 11.8. The van der Waals surface area contributed by atoms with Gasteiger partial charge in [-0.2, -0.15) is 0 Å². The van der Waals surface area contributed by atoms with Gasteiger partial charge in [0.15, 0.2) is 8.07 Å². The molecule has 3 aromatic rings. The van der Waals surface area contributed by atoms with Crippen LogP contribution in [0.5, 0.6) is 0 Å². The van der Waals surface area contributed by atoms with Crippen molar-refractivity contribution in [3.8, 4) is 0 Å². The number of nitrogens with zero attached hydrogens (tertiary/aromatic N) is 2. The molecule has 0 N–H and O–H groups in total. The van der Waals surface area contributed by atoms with Gasteiger partial charge < -0.3 is 9.13 Å². The molecule has 0 amide bonds. The Bertz CT molecular complexity index is 669. The van der Waals surface area contributed by atoms with E-state index in [9.17, 15) is 0 Å². The zero-order valence-corrected chi connectivity index (χ0v) is 13.2. The van der Waals surface area contributed by atoms with Crippen molar-refractivity contribution in [2.75, 3.05) is 0 Å². The van der Waals surface area contributed by atoms with E-state index in [1.54, 1.807) is 0 Å². The number of aryl methyl sites for hydroxylation is 2. The molecule has 3 heteroatoms. The number of hydrogen-bond acceptors (Lipinski definition) is 0. The molecule has 2 aromatic heterocycles. The summed E-state index contributed by atoms with van der Waals surface area (Å²) in [6, 6.07) is 19.8. The third kappa shape index (κ3) is 1.86. The lowest BCUT2D eigenvalue weighted by Gasteiger charge is -2.29. The SMILES string of the molecule is Cn1cccc1[Si](C)(c1ccccc1)c1cccn1C. The van der Waals surface area contributed by atoms with Crippen LogP contribution in [0.3, 0.4) is 0 Å². The second-order valence-electron chi connectivity index (χ2n) is 5.50. The summed E-state index contributed by atoms with van der Waals surface area (Å²) in [6.45, 7) is 2.44. The molecule has 3 rings (SSSR count). The van der Waals surface area contributed by atoms with Crippen LogP contribution in [-0.4, -0.2) is 17.2 Å². The molecular formula is C17H20N2Si. The lowest BCUT2D eigenvalue weighted by molar-refractivity contribution is 0.940. The van der Waals surface area contributed by atoms with Crippen LogP contribution in [0.4, 0.5) is 0 Å². The van der Waals surface area contributed by atoms with Crippen LogP contribution in [0.15, 0.2) is 67.0 Å². The summed E-state index contributed by atoms with van der Waals surface area (Å²) in [7, 11) is 2.35. The van der Waals surface area contributed by atoms with Crippen LogP contribution in [0, 0.1) is 0 Å². The predicted molar refractivity (Wildman–Crippen MR) is 87.8 cm³/mol. The molecule has 0 aliphatic carbocycles. The van der Waals surface area contributed by atoms with Gasteiger partial charge in [0, 0.05) is 37.1 Å². The molecule has 1 aromatic carbocycles. The summed E-state index contributed by atoms with van der Waals surface area (Å²) < 4.78 is 4.54. The van der Waals surface area contributed by atoms with Gasteiger partial charge >= 0.3 is 0 Å². The van der Waals surface area contributed by atoms with E-state index in [-0.39, 0.29) is 0 Å². The Kier molecular flexibility index (Phi) is 3.14. The zero-order valence-electron chi connectivity index (χ0n) is 12.2. The van der Waals surface area contributed by atoms with E-state index in [1.807, 2.05) is 0 Å². The molecule has 2 nitrogen and oxygen atoms in total. The van der Waals surface area contributed by atoms with Crippen molar-refractivity contribution < 1.29 is 0 Å². The van der Waals surface area contributed by atoms with Gasteiger partial charge in [-0.1, -0.05) is 36.9 Å². The molecule has 2 heterocycles. The molecular weight excluding hydrogens is 260 g/mol. The molecule has 0 saturated heterocycles. The maximum Gasteiger partial charge on any atom is 0.185 e. The Morgan fingerprint density at radius 1 is 0.700 bits per heavy atom. The Morgan fingerprint density at radius 2 is 1.20 bits per heavy atom. The number of hydrogen-bond donors (Lipinski definition) is 0. The van der Waals surface area contributed by atoms with Crippen LogP contribution in [0.1, 0.15) is 0 Å². The molecule has 0 fully saturated rings. The van der Waals surface area contributed by atoms with Crippen LogP contribution >= 0.6 is 0 Å². The molecule has 20 heavy (non-hydrogen) atoms. The lowest BCUT2D eigenvalue weighted by atomic mass is 10.4. The van der Waals surface area contributed by atoms with Gasteiger partial charge in [-0.25, -0.2) is 0 Å². The topological polar surface area (TPSA) is 9.86 Å². The standard InChI is InChI=1S/C17H20N2Si/c1-18-13-7-11-16(18)20(3,15-9-5-4-6-10-15)17-12-8-14-19(17)2/h4-14H,1-3H3. The summed E-state index contributed by atoms with van der Waals surface area (Å²) in [4.78, 5) is 0. The average molecular weight is 280 g/mol. The van der Waals surface area contributed by atoms with E-state index >= 15 is 0 Å². The minimum atomic E-state index is -1.94. The van der Waals surface area contributed by atoms with Gasteiger partial charge in [0.25, 0.3) is 0 Å². The molecule has 0 aliphatic rings. The smallest absolute Gasteiger partial charge is 0.185 e. The molecule has 0 bridgehead atoms. The van der Waals surface area contributed by atoms with Crippen molar-refractivity contribution in [2.24, 2.45) is 14.1 Å². The molecule has 0 spiro atoms. The van der Waals surface area contributed by atoms with E-state index in [4.69, 9.17) is 0 Å². The van der Waals surface area contributed by atoms with Crippen molar-refractivity contribution in [1.82, 2.24) is 9.13 Å². The lowest BCUT2D eigenvalue weighted by Crippen LogP contribution is -2.68. The highest BCUT2D eigenvalue weighted by Gasteiger charge is 2.37. The minimum absolute atomic E-state index is 1.44. The van der Waals surface area contributed by atoms with E-state index in [0.29, 0.717) is 0 Å². The first-order chi connectivity index (χ1) is 9.64. The first kappa shape index (κ1) is 13.0. The highest BCUT2D eigenvalue weighted by molar-refractivity contribution is 7.10. The molecule has 0 unspecified atom stereocenters. The predicted octanol–water partition coefficient (Wildman–Crippen LogP) is 1.46. The Morgan fingerprint density at radius 3 is 1.60 bits per heavy atom. The summed E-state index contributed by atoms with van der Waals surface area (Å²) in [5.41, 5.74) is 0. The van der Waals surface area contributed by atoms with Crippen LogP contribution < -0.4 is 15.8 Å². The van der Waals surface area contributed by atoms with Crippen molar-refractivity contribution >= 4 is 23.9 Å². The van der Waals surface area contributed by atoms with Gasteiger partial charge in [-0.05, 0) is 29.5 Å². The largest absolute Gasteiger partial charge is 0.357 e. The third-order valence-electron chi connectivity index (χ3n) is 4.26.